The average molecular weight is 552 g/mol. The first-order valence-corrected chi connectivity index (χ1v) is 14.5. The second-order valence-electron chi connectivity index (χ2n) is 9.55. The van der Waals surface area contributed by atoms with E-state index in [1.165, 1.54) is 17.0 Å². The van der Waals surface area contributed by atoms with Gasteiger partial charge >= 0.3 is 0 Å². The Morgan fingerprint density at radius 1 is 0.872 bits per heavy atom. The Morgan fingerprint density at radius 3 is 2.08 bits per heavy atom. The fourth-order valence-electron chi connectivity index (χ4n) is 3.99. The lowest BCUT2D eigenvalue weighted by Crippen LogP contribution is -2.51. The first kappa shape index (κ1) is 29.7. The molecular formula is C30H37N3O5S. The van der Waals surface area contributed by atoms with Crippen LogP contribution in [0.25, 0.3) is 0 Å². The van der Waals surface area contributed by atoms with E-state index in [1.807, 2.05) is 44.2 Å². The van der Waals surface area contributed by atoms with Gasteiger partial charge in [0.15, 0.2) is 0 Å². The molecule has 1 atom stereocenters. The SMILES string of the molecule is CCOc1ccccc1N(CC(=O)N(Cc1ccccc1)C(C)C(=O)NCC(C)C)S(=O)(=O)c1ccccc1. The van der Waals surface area contributed by atoms with E-state index in [0.717, 1.165) is 9.87 Å². The number of para-hydroxylation sites is 2. The van der Waals surface area contributed by atoms with Gasteiger partial charge < -0.3 is 15.0 Å². The van der Waals surface area contributed by atoms with Gasteiger partial charge in [0, 0.05) is 13.1 Å². The molecule has 1 unspecified atom stereocenters. The quantitative estimate of drug-likeness (QED) is 0.338. The molecule has 0 aliphatic heterocycles. The fraction of sp³-hybridized carbons (Fsp3) is 0.333. The molecule has 1 N–H and O–H groups in total. The normalized spacial score (nSPS) is 12.0. The van der Waals surface area contributed by atoms with E-state index in [9.17, 15) is 18.0 Å². The van der Waals surface area contributed by atoms with Crippen molar-refractivity contribution in [3.05, 3.63) is 90.5 Å². The Labute approximate surface area is 231 Å². The van der Waals surface area contributed by atoms with Crippen molar-refractivity contribution in [1.29, 1.82) is 0 Å². The van der Waals surface area contributed by atoms with E-state index in [1.54, 1.807) is 56.3 Å². The van der Waals surface area contributed by atoms with E-state index < -0.39 is 28.5 Å². The number of carbonyl (C=O) groups is 2. The number of nitrogens with zero attached hydrogens (tertiary/aromatic N) is 2. The molecule has 0 heterocycles. The fourth-order valence-corrected chi connectivity index (χ4v) is 5.43. The third kappa shape index (κ3) is 7.83. The third-order valence-electron chi connectivity index (χ3n) is 6.09. The number of nitrogens with one attached hydrogen (secondary N) is 1. The van der Waals surface area contributed by atoms with Gasteiger partial charge in [-0.3, -0.25) is 13.9 Å². The molecule has 3 aromatic carbocycles. The third-order valence-corrected chi connectivity index (χ3v) is 7.87. The molecule has 0 aliphatic rings. The highest BCUT2D eigenvalue weighted by Crippen LogP contribution is 2.32. The van der Waals surface area contributed by atoms with Crippen molar-refractivity contribution >= 4 is 27.5 Å². The number of rotatable bonds is 13. The zero-order valence-corrected chi connectivity index (χ0v) is 23.7. The van der Waals surface area contributed by atoms with Crippen LogP contribution in [0.5, 0.6) is 5.75 Å². The minimum absolute atomic E-state index is 0.0430. The second kappa shape index (κ2) is 13.8. The number of benzene rings is 3. The lowest BCUT2D eigenvalue weighted by molar-refractivity contribution is -0.139. The molecule has 9 heteroatoms. The molecule has 0 radical (unpaired) electrons. The van der Waals surface area contributed by atoms with Gasteiger partial charge in [0.05, 0.1) is 17.2 Å². The van der Waals surface area contributed by atoms with E-state index in [0.29, 0.717) is 18.9 Å². The summed E-state index contributed by atoms with van der Waals surface area (Å²) < 4.78 is 34.6. The molecule has 0 bridgehead atoms. The van der Waals surface area contributed by atoms with Gasteiger partial charge in [0.25, 0.3) is 10.0 Å². The highest BCUT2D eigenvalue weighted by Gasteiger charge is 2.33. The maximum absolute atomic E-state index is 14.0. The van der Waals surface area contributed by atoms with Crippen LogP contribution in [0, 0.1) is 5.92 Å². The summed E-state index contributed by atoms with van der Waals surface area (Å²) in [5.41, 5.74) is 1.06. The summed E-state index contributed by atoms with van der Waals surface area (Å²) in [5.74, 6) is -0.248. The van der Waals surface area contributed by atoms with Crippen LogP contribution < -0.4 is 14.4 Å². The van der Waals surface area contributed by atoms with Gasteiger partial charge in [0.2, 0.25) is 11.8 Å². The molecule has 8 nitrogen and oxygen atoms in total. The van der Waals surface area contributed by atoms with E-state index in [4.69, 9.17) is 4.74 Å². The van der Waals surface area contributed by atoms with Crippen LogP contribution in [0.15, 0.2) is 89.8 Å². The van der Waals surface area contributed by atoms with Gasteiger partial charge in [-0.1, -0.05) is 74.5 Å². The number of hydrogen-bond acceptors (Lipinski definition) is 5. The molecule has 208 valence electrons. The Balaban J connectivity index is 2.03. The van der Waals surface area contributed by atoms with Crippen LogP contribution in [0.1, 0.15) is 33.3 Å². The topological polar surface area (TPSA) is 96.0 Å². The lowest BCUT2D eigenvalue weighted by atomic mass is 10.1. The van der Waals surface area contributed by atoms with Crippen molar-refractivity contribution in [2.45, 2.75) is 45.2 Å². The Morgan fingerprint density at radius 2 is 1.46 bits per heavy atom. The van der Waals surface area contributed by atoms with Gasteiger partial charge in [0.1, 0.15) is 18.3 Å². The monoisotopic (exact) mass is 551 g/mol. The summed E-state index contributed by atoms with van der Waals surface area (Å²) in [4.78, 5) is 28.5. The highest BCUT2D eigenvalue weighted by molar-refractivity contribution is 7.92. The molecule has 2 amide bonds. The van der Waals surface area contributed by atoms with Crippen LogP contribution in [-0.2, 0) is 26.2 Å². The van der Waals surface area contributed by atoms with Crippen molar-refractivity contribution in [2.75, 3.05) is 24.0 Å². The number of amides is 2. The Kier molecular flexibility index (Phi) is 10.5. The molecule has 0 saturated carbocycles. The molecule has 0 aromatic heterocycles. The zero-order chi connectivity index (χ0) is 28.4. The number of anilines is 1. The molecular weight excluding hydrogens is 514 g/mol. The van der Waals surface area contributed by atoms with Crippen LogP contribution in [0.3, 0.4) is 0 Å². The van der Waals surface area contributed by atoms with Crippen molar-refractivity contribution in [3.8, 4) is 5.75 Å². The van der Waals surface area contributed by atoms with Crippen molar-refractivity contribution in [1.82, 2.24) is 10.2 Å². The molecule has 39 heavy (non-hydrogen) atoms. The largest absolute Gasteiger partial charge is 0.492 e. The van der Waals surface area contributed by atoms with Gasteiger partial charge in [-0.2, -0.15) is 0 Å². The van der Waals surface area contributed by atoms with Gasteiger partial charge in [-0.05, 0) is 49.6 Å². The Bertz CT molecular complexity index is 1330. The van der Waals surface area contributed by atoms with E-state index in [-0.39, 0.29) is 29.0 Å². The average Bonchev–Trinajstić information content (AvgIpc) is 2.94. The Hall–Kier alpha value is -3.85. The molecule has 0 saturated heterocycles. The predicted octanol–water partition coefficient (Wildman–Crippen LogP) is 4.47. The lowest BCUT2D eigenvalue weighted by Gasteiger charge is -2.32. The van der Waals surface area contributed by atoms with Crippen molar-refractivity contribution in [3.63, 3.8) is 0 Å². The number of sulfonamides is 1. The summed E-state index contributed by atoms with van der Waals surface area (Å²) in [5, 5.41) is 2.89. The minimum Gasteiger partial charge on any atom is -0.492 e. The summed E-state index contributed by atoms with van der Waals surface area (Å²) in [6, 6.07) is 23.1. The second-order valence-corrected chi connectivity index (χ2v) is 11.4. The van der Waals surface area contributed by atoms with Crippen molar-refractivity contribution < 1.29 is 22.7 Å². The number of carbonyl (C=O) groups excluding carboxylic acids is 2. The maximum Gasteiger partial charge on any atom is 0.264 e. The number of hydrogen-bond donors (Lipinski definition) is 1. The van der Waals surface area contributed by atoms with Crippen LogP contribution in [0.2, 0.25) is 0 Å². The van der Waals surface area contributed by atoms with E-state index in [2.05, 4.69) is 5.32 Å². The molecule has 0 fully saturated rings. The van der Waals surface area contributed by atoms with Gasteiger partial charge in [-0.15, -0.1) is 0 Å². The molecule has 3 aromatic rings. The first-order chi connectivity index (χ1) is 18.6. The smallest absolute Gasteiger partial charge is 0.264 e. The van der Waals surface area contributed by atoms with Gasteiger partial charge in [-0.25, -0.2) is 8.42 Å². The predicted molar refractivity (Wildman–Crippen MR) is 153 cm³/mol. The standard InChI is InChI=1S/C30H37N3O5S/c1-5-38-28-19-13-12-18-27(28)33(39(36,37)26-16-10-7-11-17-26)22-29(34)32(21-25-14-8-6-9-15-25)24(4)30(35)31-20-23(2)3/h6-19,23-24H,5,20-22H2,1-4H3,(H,31,35). The summed E-state index contributed by atoms with van der Waals surface area (Å²) in [6.45, 7) is 7.83. The molecule has 0 spiro atoms. The number of ether oxygens (including phenoxy) is 1. The zero-order valence-electron chi connectivity index (χ0n) is 22.9. The summed E-state index contributed by atoms with van der Waals surface area (Å²) in [7, 11) is -4.16. The first-order valence-electron chi connectivity index (χ1n) is 13.1. The van der Waals surface area contributed by atoms with Crippen LogP contribution in [0.4, 0.5) is 5.69 Å². The highest BCUT2D eigenvalue weighted by atomic mass is 32.2. The summed E-state index contributed by atoms with van der Waals surface area (Å²) >= 11 is 0. The van der Waals surface area contributed by atoms with Crippen molar-refractivity contribution in [2.24, 2.45) is 5.92 Å². The molecule has 0 aliphatic carbocycles. The summed E-state index contributed by atoms with van der Waals surface area (Å²) in [6.07, 6.45) is 0. The van der Waals surface area contributed by atoms with Crippen LogP contribution in [-0.4, -0.2) is 50.9 Å². The minimum atomic E-state index is -4.16. The van der Waals surface area contributed by atoms with E-state index >= 15 is 0 Å². The maximum atomic E-state index is 14.0. The molecule has 3 rings (SSSR count). The van der Waals surface area contributed by atoms with Crippen LogP contribution >= 0.6 is 0 Å².